The lowest BCUT2D eigenvalue weighted by Gasteiger charge is -2.08. The Kier molecular flexibility index (Phi) is 7.43. The van der Waals surface area contributed by atoms with Gasteiger partial charge in [-0.2, -0.15) is 4.98 Å². The van der Waals surface area contributed by atoms with Crippen molar-refractivity contribution in [2.24, 2.45) is 0 Å². The van der Waals surface area contributed by atoms with Gasteiger partial charge in [-0.1, -0.05) is 47.6 Å². The van der Waals surface area contributed by atoms with E-state index in [1.165, 1.54) is 12.1 Å². The van der Waals surface area contributed by atoms with Gasteiger partial charge in [-0.05, 0) is 53.9 Å². The quantitative estimate of drug-likeness (QED) is 0.368. The largest absolute Gasteiger partial charge is 0.489 e. The Morgan fingerprint density at radius 1 is 0.939 bits per heavy atom. The van der Waals surface area contributed by atoms with Crippen molar-refractivity contribution in [3.8, 4) is 17.1 Å². The molecule has 0 saturated heterocycles. The van der Waals surface area contributed by atoms with E-state index >= 15 is 0 Å². The van der Waals surface area contributed by atoms with Crippen LogP contribution in [0.3, 0.4) is 0 Å². The molecule has 0 bridgehead atoms. The number of para-hydroxylation sites is 1. The van der Waals surface area contributed by atoms with E-state index in [0.29, 0.717) is 49.7 Å². The molecule has 4 aromatic rings. The number of hydrogen-bond donors (Lipinski definition) is 1. The fourth-order valence-corrected chi connectivity index (χ4v) is 3.20. The molecule has 0 aliphatic heterocycles. The molecule has 0 unspecified atom stereocenters. The Hall–Kier alpha value is -4.00. The van der Waals surface area contributed by atoms with Crippen LogP contribution >= 0.6 is 0 Å². The van der Waals surface area contributed by atoms with Crippen molar-refractivity contribution in [2.45, 2.75) is 32.4 Å². The van der Waals surface area contributed by atoms with Crippen molar-refractivity contribution in [1.82, 2.24) is 15.5 Å². The fourth-order valence-electron chi connectivity index (χ4n) is 3.20. The molecule has 0 aliphatic carbocycles. The number of ether oxygens (including phenoxy) is 1. The third-order valence-corrected chi connectivity index (χ3v) is 5.03. The molecule has 1 N–H and O–H groups in total. The predicted octanol–water partition coefficient (Wildman–Crippen LogP) is 5.09. The van der Waals surface area contributed by atoms with Gasteiger partial charge >= 0.3 is 0 Å². The Morgan fingerprint density at radius 3 is 2.42 bits per heavy atom. The topological polar surface area (TPSA) is 77.2 Å². The molecule has 0 spiro atoms. The van der Waals surface area contributed by atoms with Gasteiger partial charge in [0.15, 0.2) is 0 Å². The van der Waals surface area contributed by atoms with Crippen LogP contribution in [0.25, 0.3) is 11.4 Å². The molecule has 0 saturated carbocycles. The normalized spacial score (nSPS) is 10.7. The number of carbonyl (C=O) groups excluding carboxylic acids is 1. The van der Waals surface area contributed by atoms with E-state index in [9.17, 15) is 9.18 Å². The van der Waals surface area contributed by atoms with Gasteiger partial charge in [-0.15, -0.1) is 0 Å². The van der Waals surface area contributed by atoms with Gasteiger partial charge in [0, 0.05) is 24.9 Å². The predicted molar refractivity (Wildman–Crippen MR) is 122 cm³/mol. The Morgan fingerprint density at radius 2 is 1.67 bits per heavy atom. The van der Waals surface area contributed by atoms with E-state index in [4.69, 9.17) is 9.26 Å². The highest BCUT2D eigenvalue weighted by molar-refractivity contribution is 5.75. The summed E-state index contributed by atoms with van der Waals surface area (Å²) in [5.41, 5.74) is 2.77. The van der Waals surface area contributed by atoms with Crippen molar-refractivity contribution < 1.29 is 18.4 Å². The number of carbonyl (C=O) groups is 1. The molecule has 4 rings (SSSR count). The summed E-state index contributed by atoms with van der Waals surface area (Å²) >= 11 is 0. The van der Waals surface area contributed by atoms with Gasteiger partial charge in [0.25, 0.3) is 0 Å². The van der Waals surface area contributed by atoms with Gasteiger partial charge < -0.3 is 14.6 Å². The van der Waals surface area contributed by atoms with E-state index < -0.39 is 0 Å². The maximum absolute atomic E-state index is 13.0. The molecule has 3 aromatic carbocycles. The van der Waals surface area contributed by atoms with E-state index in [-0.39, 0.29) is 11.7 Å². The van der Waals surface area contributed by atoms with Crippen LogP contribution in [0.4, 0.5) is 4.39 Å². The third kappa shape index (κ3) is 6.74. The molecule has 0 aliphatic rings. The van der Waals surface area contributed by atoms with Crippen LogP contribution in [0.2, 0.25) is 0 Å². The van der Waals surface area contributed by atoms with Crippen molar-refractivity contribution in [3.63, 3.8) is 0 Å². The molecule has 168 valence electrons. The van der Waals surface area contributed by atoms with Crippen molar-refractivity contribution >= 4 is 5.91 Å². The lowest BCUT2D eigenvalue weighted by molar-refractivity contribution is -0.121. The second-order valence-corrected chi connectivity index (χ2v) is 7.57. The number of aromatic nitrogens is 2. The van der Waals surface area contributed by atoms with Gasteiger partial charge in [-0.25, -0.2) is 4.39 Å². The first-order valence-corrected chi connectivity index (χ1v) is 10.8. The van der Waals surface area contributed by atoms with Crippen LogP contribution in [0, 0.1) is 5.82 Å². The number of benzene rings is 3. The molecule has 0 radical (unpaired) electrons. The van der Waals surface area contributed by atoms with E-state index in [1.54, 1.807) is 12.1 Å². The highest BCUT2D eigenvalue weighted by atomic mass is 19.1. The SMILES string of the molecule is O=C(CCCc1nc(-c2ccc(F)cc2)no1)NCc1ccc(COc2ccccc2)cc1. The Balaban J connectivity index is 1.16. The highest BCUT2D eigenvalue weighted by Crippen LogP contribution is 2.17. The Bertz CT molecular complexity index is 1160. The van der Waals surface area contributed by atoms with Crippen LogP contribution < -0.4 is 10.1 Å². The van der Waals surface area contributed by atoms with Gasteiger partial charge in [-0.3, -0.25) is 4.79 Å². The minimum atomic E-state index is -0.318. The lowest BCUT2D eigenvalue weighted by atomic mass is 10.1. The molecule has 7 heteroatoms. The number of hydrogen-bond acceptors (Lipinski definition) is 5. The minimum absolute atomic E-state index is 0.0373. The average Bonchev–Trinajstić information content (AvgIpc) is 3.32. The summed E-state index contributed by atoms with van der Waals surface area (Å²) in [6.45, 7) is 0.961. The second-order valence-electron chi connectivity index (χ2n) is 7.57. The van der Waals surface area contributed by atoms with Crippen LogP contribution in [0.15, 0.2) is 83.4 Å². The number of nitrogens with one attached hydrogen (secondary N) is 1. The molecular weight excluding hydrogens is 421 g/mol. The summed E-state index contributed by atoms with van der Waals surface area (Å²) in [5.74, 6) is 1.34. The first-order chi connectivity index (χ1) is 16.2. The maximum atomic E-state index is 13.0. The van der Waals surface area contributed by atoms with Crippen LogP contribution in [0.5, 0.6) is 5.75 Å². The summed E-state index contributed by atoms with van der Waals surface area (Å²) in [5, 5.41) is 6.84. The van der Waals surface area contributed by atoms with Crippen molar-refractivity contribution in [2.75, 3.05) is 0 Å². The standard InChI is InChI=1S/C26H24FN3O3/c27-22-15-13-21(14-16-22)26-29-25(33-30-26)8-4-7-24(31)28-17-19-9-11-20(12-10-19)18-32-23-5-2-1-3-6-23/h1-3,5-6,9-16H,4,7-8,17-18H2,(H,28,31). The van der Waals surface area contributed by atoms with Gasteiger partial charge in [0.2, 0.25) is 17.6 Å². The van der Waals surface area contributed by atoms with Gasteiger partial charge in [0.05, 0.1) is 0 Å². The zero-order valence-corrected chi connectivity index (χ0v) is 18.0. The van der Waals surface area contributed by atoms with E-state index in [1.807, 2.05) is 54.6 Å². The number of nitrogens with zero attached hydrogens (tertiary/aromatic N) is 2. The molecule has 6 nitrogen and oxygen atoms in total. The average molecular weight is 445 g/mol. The van der Waals surface area contributed by atoms with E-state index in [0.717, 1.165) is 16.9 Å². The molecule has 0 atom stereocenters. The van der Waals surface area contributed by atoms with Crippen LogP contribution in [0.1, 0.15) is 29.9 Å². The van der Waals surface area contributed by atoms with E-state index in [2.05, 4.69) is 15.5 Å². The second kappa shape index (κ2) is 11.0. The zero-order valence-electron chi connectivity index (χ0n) is 18.0. The van der Waals surface area contributed by atoms with Crippen molar-refractivity contribution in [3.05, 3.63) is 102 Å². The smallest absolute Gasteiger partial charge is 0.226 e. The number of amides is 1. The molecule has 1 heterocycles. The zero-order chi connectivity index (χ0) is 22.9. The first-order valence-electron chi connectivity index (χ1n) is 10.8. The molecule has 1 aromatic heterocycles. The summed E-state index contributed by atoms with van der Waals surface area (Å²) in [4.78, 5) is 16.5. The summed E-state index contributed by atoms with van der Waals surface area (Å²) < 4.78 is 24.0. The van der Waals surface area contributed by atoms with Crippen LogP contribution in [-0.4, -0.2) is 16.0 Å². The lowest BCUT2D eigenvalue weighted by Crippen LogP contribution is -2.22. The summed E-state index contributed by atoms with van der Waals surface area (Å²) in [7, 11) is 0. The first kappa shape index (κ1) is 22.2. The number of aryl methyl sites for hydroxylation is 1. The van der Waals surface area contributed by atoms with Gasteiger partial charge in [0.1, 0.15) is 18.2 Å². The van der Waals surface area contributed by atoms with Crippen molar-refractivity contribution in [1.29, 1.82) is 0 Å². The molecule has 0 fully saturated rings. The highest BCUT2D eigenvalue weighted by Gasteiger charge is 2.10. The summed E-state index contributed by atoms with van der Waals surface area (Å²) in [6.07, 6.45) is 1.45. The molecule has 33 heavy (non-hydrogen) atoms. The minimum Gasteiger partial charge on any atom is -0.489 e. The third-order valence-electron chi connectivity index (χ3n) is 5.03. The number of halogens is 1. The maximum Gasteiger partial charge on any atom is 0.226 e. The Labute approximate surface area is 191 Å². The summed E-state index contributed by atoms with van der Waals surface area (Å²) in [6, 6.07) is 23.5. The fraction of sp³-hybridized carbons (Fsp3) is 0.192. The van der Waals surface area contributed by atoms with Crippen LogP contribution in [-0.2, 0) is 24.4 Å². The monoisotopic (exact) mass is 445 g/mol. The molecule has 1 amide bonds. The number of rotatable bonds is 10. The molecular formula is C26H24FN3O3.